The van der Waals surface area contributed by atoms with E-state index in [1.165, 1.54) is 0 Å². The highest BCUT2D eigenvalue weighted by Crippen LogP contribution is 2.23. The highest BCUT2D eigenvalue weighted by Gasteiger charge is 2.34. The van der Waals surface area contributed by atoms with Crippen molar-refractivity contribution in [2.24, 2.45) is 0 Å². The van der Waals surface area contributed by atoms with Crippen LogP contribution in [0.3, 0.4) is 0 Å². The Hall–Kier alpha value is -4.28. The standard InChI is InChI=1S/C30H37N7O4/c1-20-13-14-23(28(39)31-20)30(41)35-15-8-12-26(38)36-16-7-6-11-25(36)29(40)33-24(19-22-9-4-3-5-10-22)27-32-21(2)34-37(27)18-17-35/h3-5,9-10,13-14,24-25H,6-8,11-12,15-19H2,1-2H3,(H,31,39)(H,33,40)/t24-,25+/m1/s1. The Bertz CT molecular complexity index is 1460. The molecule has 4 heterocycles. The Morgan fingerprint density at radius 2 is 1.76 bits per heavy atom. The first kappa shape index (κ1) is 28.3. The Kier molecular flexibility index (Phi) is 8.61. The SMILES string of the molecule is Cc1nc2n(n1)CCN(C(=O)c1ccc(C)[nH]c1=O)CCCC(=O)N1CCCC[C@H]1C(=O)N[C@@H]2Cc1ccccc1. The number of aromatic amines is 1. The third-order valence-corrected chi connectivity index (χ3v) is 7.82. The summed E-state index contributed by atoms with van der Waals surface area (Å²) in [5.74, 6) is 0.471. The van der Waals surface area contributed by atoms with Crippen molar-refractivity contribution in [3.63, 3.8) is 0 Å². The average Bonchev–Trinajstić information content (AvgIpc) is 3.34. The topological polar surface area (TPSA) is 133 Å². The number of fused-ring (bicyclic) bond motifs is 2. The number of amides is 3. The van der Waals surface area contributed by atoms with Crippen LogP contribution in [0.4, 0.5) is 0 Å². The number of carbonyl (C=O) groups excluding carboxylic acids is 3. The summed E-state index contributed by atoms with van der Waals surface area (Å²) >= 11 is 0. The van der Waals surface area contributed by atoms with Crippen molar-refractivity contribution < 1.29 is 14.4 Å². The Morgan fingerprint density at radius 1 is 0.951 bits per heavy atom. The quantitative estimate of drug-likeness (QED) is 0.506. The number of rotatable bonds is 3. The normalized spacial score (nSPS) is 20.5. The summed E-state index contributed by atoms with van der Waals surface area (Å²) in [5, 5.41) is 7.81. The molecule has 11 nitrogen and oxygen atoms in total. The third kappa shape index (κ3) is 6.55. The van der Waals surface area contributed by atoms with Crippen molar-refractivity contribution >= 4 is 17.7 Å². The largest absolute Gasteiger partial charge is 0.344 e. The molecule has 0 spiro atoms. The summed E-state index contributed by atoms with van der Waals surface area (Å²) < 4.78 is 1.75. The van der Waals surface area contributed by atoms with Crippen LogP contribution < -0.4 is 10.9 Å². The number of pyridine rings is 1. The highest BCUT2D eigenvalue weighted by atomic mass is 16.2. The number of hydrogen-bond donors (Lipinski definition) is 2. The fourth-order valence-corrected chi connectivity index (χ4v) is 5.73. The number of piperidine rings is 1. The molecule has 0 unspecified atom stereocenters. The van der Waals surface area contributed by atoms with Crippen molar-refractivity contribution in [2.45, 2.75) is 71.0 Å². The van der Waals surface area contributed by atoms with Crippen molar-refractivity contribution in [1.29, 1.82) is 0 Å². The lowest BCUT2D eigenvalue weighted by Gasteiger charge is -2.36. The molecule has 2 aliphatic heterocycles. The van der Waals surface area contributed by atoms with Crippen LogP contribution in [0.2, 0.25) is 0 Å². The van der Waals surface area contributed by atoms with Gasteiger partial charge in [-0.05, 0) is 63.6 Å². The molecule has 2 aromatic heterocycles. The van der Waals surface area contributed by atoms with E-state index < -0.39 is 23.6 Å². The van der Waals surface area contributed by atoms with Crippen LogP contribution >= 0.6 is 0 Å². The molecule has 1 fully saturated rings. The van der Waals surface area contributed by atoms with Crippen LogP contribution in [0.15, 0.2) is 47.3 Å². The zero-order valence-electron chi connectivity index (χ0n) is 23.6. The van der Waals surface area contributed by atoms with Gasteiger partial charge >= 0.3 is 0 Å². The van der Waals surface area contributed by atoms with Crippen LogP contribution in [0.5, 0.6) is 0 Å². The monoisotopic (exact) mass is 559 g/mol. The molecule has 0 radical (unpaired) electrons. The molecule has 1 saturated heterocycles. The number of aromatic nitrogens is 4. The molecule has 2 aliphatic rings. The van der Waals surface area contributed by atoms with Crippen LogP contribution in [-0.2, 0) is 22.6 Å². The van der Waals surface area contributed by atoms with Gasteiger partial charge in [0.05, 0.1) is 12.6 Å². The van der Waals surface area contributed by atoms with Crippen molar-refractivity contribution in [3.05, 3.63) is 81.3 Å². The lowest BCUT2D eigenvalue weighted by atomic mass is 9.99. The smallest absolute Gasteiger partial charge is 0.260 e. The number of hydrogen-bond acceptors (Lipinski definition) is 6. The molecule has 2 N–H and O–H groups in total. The molecular formula is C30H37N7O4. The van der Waals surface area contributed by atoms with Crippen LogP contribution in [0, 0.1) is 13.8 Å². The molecule has 1 aromatic carbocycles. The minimum absolute atomic E-state index is 0.0587. The zero-order chi connectivity index (χ0) is 28.9. The molecule has 11 heteroatoms. The second kappa shape index (κ2) is 12.5. The predicted octanol–water partition coefficient (Wildman–Crippen LogP) is 2.30. The summed E-state index contributed by atoms with van der Waals surface area (Å²) in [7, 11) is 0. The highest BCUT2D eigenvalue weighted by molar-refractivity contribution is 5.94. The lowest BCUT2D eigenvalue weighted by Crippen LogP contribution is -2.53. The van der Waals surface area contributed by atoms with Gasteiger partial charge in [-0.3, -0.25) is 19.2 Å². The molecule has 3 amide bonds. The maximum absolute atomic E-state index is 13.7. The van der Waals surface area contributed by atoms with E-state index in [1.807, 2.05) is 30.3 Å². The molecule has 0 saturated carbocycles. The minimum Gasteiger partial charge on any atom is -0.344 e. The van der Waals surface area contributed by atoms with Gasteiger partial charge in [0.25, 0.3) is 11.5 Å². The molecule has 0 bridgehead atoms. The maximum Gasteiger partial charge on any atom is 0.260 e. The minimum atomic E-state index is -0.557. The van der Waals surface area contributed by atoms with E-state index in [0.717, 1.165) is 18.4 Å². The first-order chi connectivity index (χ1) is 19.8. The molecule has 5 rings (SSSR count). The van der Waals surface area contributed by atoms with E-state index in [2.05, 4.69) is 15.4 Å². The van der Waals surface area contributed by atoms with E-state index >= 15 is 0 Å². The Balaban J connectivity index is 1.51. The summed E-state index contributed by atoms with van der Waals surface area (Å²) in [6, 6.07) is 12.1. The third-order valence-electron chi connectivity index (χ3n) is 7.82. The molecule has 216 valence electrons. The van der Waals surface area contributed by atoms with E-state index in [9.17, 15) is 19.2 Å². The predicted molar refractivity (Wildman–Crippen MR) is 152 cm³/mol. The summed E-state index contributed by atoms with van der Waals surface area (Å²) in [4.78, 5) is 63.9. The molecule has 2 atom stereocenters. The summed E-state index contributed by atoms with van der Waals surface area (Å²) in [6.07, 6.45) is 3.43. The van der Waals surface area contributed by atoms with E-state index in [0.29, 0.717) is 56.2 Å². The first-order valence-electron chi connectivity index (χ1n) is 14.3. The molecule has 41 heavy (non-hydrogen) atoms. The van der Waals surface area contributed by atoms with Gasteiger partial charge in [0.15, 0.2) is 0 Å². The van der Waals surface area contributed by atoms with Crippen molar-refractivity contribution in [1.82, 2.24) is 34.9 Å². The van der Waals surface area contributed by atoms with Gasteiger partial charge < -0.3 is 20.1 Å². The molecule has 3 aromatic rings. The van der Waals surface area contributed by atoms with Gasteiger partial charge in [-0.2, -0.15) is 5.10 Å². The number of carbonyl (C=O) groups is 3. The van der Waals surface area contributed by atoms with E-state index in [4.69, 9.17) is 4.98 Å². The van der Waals surface area contributed by atoms with E-state index in [-0.39, 0.29) is 30.3 Å². The van der Waals surface area contributed by atoms with Gasteiger partial charge in [-0.15, -0.1) is 0 Å². The van der Waals surface area contributed by atoms with Gasteiger partial charge in [0.1, 0.15) is 23.3 Å². The summed E-state index contributed by atoms with van der Waals surface area (Å²) in [5.41, 5.74) is 1.31. The van der Waals surface area contributed by atoms with Crippen LogP contribution in [-0.4, -0.2) is 72.9 Å². The summed E-state index contributed by atoms with van der Waals surface area (Å²) in [6.45, 7) is 4.95. The zero-order valence-corrected chi connectivity index (χ0v) is 23.6. The van der Waals surface area contributed by atoms with Crippen LogP contribution in [0.25, 0.3) is 0 Å². The Labute approximate surface area is 239 Å². The van der Waals surface area contributed by atoms with Gasteiger partial charge in [0.2, 0.25) is 11.8 Å². The number of nitrogens with zero attached hydrogens (tertiary/aromatic N) is 5. The second-order valence-corrected chi connectivity index (χ2v) is 10.9. The lowest BCUT2D eigenvalue weighted by molar-refractivity contribution is -0.142. The van der Waals surface area contributed by atoms with Crippen molar-refractivity contribution in [3.8, 4) is 0 Å². The van der Waals surface area contributed by atoms with Crippen molar-refractivity contribution in [2.75, 3.05) is 19.6 Å². The number of benzene rings is 1. The Morgan fingerprint density at radius 3 is 2.54 bits per heavy atom. The van der Waals surface area contributed by atoms with Crippen LogP contribution in [0.1, 0.15) is 71.4 Å². The first-order valence-corrected chi connectivity index (χ1v) is 14.3. The van der Waals surface area contributed by atoms with Gasteiger partial charge in [0, 0.05) is 31.7 Å². The van der Waals surface area contributed by atoms with Gasteiger partial charge in [-0.1, -0.05) is 30.3 Å². The van der Waals surface area contributed by atoms with E-state index in [1.54, 1.807) is 40.5 Å². The molecule has 0 aliphatic carbocycles. The molecular weight excluding hydrogens is 522 g/mol. The number of nitrogens with one attached hydrogen (secondary N) is 2. The second-order valence-electron chi connectivity index (χ2n) is 10.9. The average molecular weight is 560 g/mol. The number of aryl methyl sites for hydroxylation is 2. The fraction of sp³-hybridized carbons (Fsp3) is 0.467. The fourth-order valence-electron chi connectivity index (χ4n) is 5.73. The maximum atomic E-state index is 13.7. The van der Waals surface area contributed by atoms with Gasteiger partial charge in [-0.25, -0.2) is 9.67 Å². The number of H-pyrrole nitrogens is 1.